The van der Waals surface area contributed by atoms with Gasteiger partial charge in [0.25, 0.3) is 5.91 Å². The summed E-state index contributed by atoms with van der Waals surface area (Å²) in [7, 11) is 0. The maximum absolute atomic E-state index is 12.8. The van der Waals surface area contributed by atoms with Crippen LogP contribution in [0.5, 0.6) is 0 Å². The predicted molar refractivity (Wildman–Crippen MR) is 104 cm³/mol. The fourth-order valence-corrected chi connectivity index (χ4v) is 3.38. The second-order valence-corrected chi connectivity index (χ2v) is 7.22. The third kappa shape index (κ3) is 4.27. The fourth-order valence-electron chi connectivity index (χ4n) is 3.38. The van der Waals surface area contributed by atoms with Crippen LogP contribution >= 0.6 is 12.4 Å². The topological polar surface area (TPSA) is 58.4 Å². The lowest BCUT2D eigenvalue weighted by Crippen LogP contribution is -2.45. The van der Waals surface area contributed by atoms with Gasteiger partial charge in [0.1, 0.15) is 0 Å². The molecule has 0 bridgehead atoms. The van der Waals surface area contributed by atoms with Crippen LogP contribution in [-0.4, -0.2) is 41.5 Å². The monoisotopic (exact) mass is 375 g/mol. The summed E-state index contributed by atoms with van der Waals surface area (Å²) in [5.41, 5.74) is 1.56. The van der Waals surface area contributed by atoms with Crippen LogP contribution in [-0.2, 0) is 0 Å². The second-order valence-electron chi connectivity index (χ2n) is 7.22. The predicted octanol–water partition coefficient (Wildman–Crippen LogP) is 3.68. The van der Waals surface area contributed by atoms with E-state index in [2.05, 4.69) is 10.3 Å². The molecule has 5 nitrogen and oxygen atoms in total. The number of nitrogens with one attached hydrogen (secondary N) is 1. The van der Waals surface area contributed by atoms with E-state index in [0.717, 1.165) is 44.0 Å². The Hall–Kier alpha value is -1.85. The van der Waals surface area contributed by atoms with E-state index in [1.165, 1.54) is 12.8 Å². The van der Waals surface area contributed by atoms with E-state index in [0.29, 0.717) is 23.4 Å². The Labute approximate surface area is 160 Å². The van der Waals surface area contributed by atoms with Gasteiger partial charge in [-0.3, -0.25) is 4.79 Å². The Morgan fingerprint density at radius 3 is 2.54 bits per heavy atom. The Morgan fingerprint density at radius 1 is 1.19 bits per heavy atom. The van der Waals surface area contributed by atoms with Crippen molar-refractivity contribution in [3.8, 4) is 11.5 Å². The number of oxazole rings is 1. The summed E-state index contributed by atoms with van der Waals surface area (Å²) < 4.78 is 5.81. The van der Waals surface area contributed by atoms with Gasteiger partial charge >= 0.3 is 0 Å². The number of carbonyl (C=O) groups excluding carboxylic acids is 1. The first-order valence-corrected chi connectivity index (χ1v) is 9.26. The lowest BCUT2D eigenvalue weighted by atomic mass is 10.0. The lowest BCUT2D eigenvalue weighted by molar-refractivity contribution is 0.0672. The maximum atomic E-state index is 12.8. The van der Waals surface area contributed by atoms with Gasteiger partial charge in [0, 0.05) is 24.7 Å². The van der Waals surface area contributed by atoms with Crippen LogP contribution in [0.4, 0.5) is 0 Å². The molecule has 0 atom stereocenters. The van der Waals surface area contributed by atoms with E-state index in [9.17, 15) is 4.79 Å². The zero-order valence-corrected chi connectivity index (χ0v) is 15.9. The highest BCUT2D eigenvalue weighted by atomic mass is 35.5. The number of hydrogen-bond donors (Lipinski definition) is 1. The van der Waals surface area contributed by atoms with Crippen molar-refractivity contribution in [3.05, 3.63) is 41.8 Å². The van der Waals surface area contributed by atoms with Crippen molar-refractivity contribution in [2.75, 3.05) is 19.6 Å². The number of piperidine rings is 1. The summed E-state index contributed by atoms with van der Waals surface area (Å²) in [5.74, 6) is 1.76. The van der Waals surface area contributed by atoms with Crippen molar-refractivity contribution >= 4 is 18.3 Å². The summed E-state index contributed by atoms with van der Waals surface area (Å²) in [6.07, 6.45) is 4.77. The number of aromatic nitrogens is 1. The van der Waals surface area contributed by atoms with E-state index in [4.69, 9.17) is 4.42 Å². The molecule has 26 heavy (non-hydrogen) atoms. The number of nitrogens with zero attached hydrogens (tertiary/aromatic N) is 2. The van der Waals surface area contributed by atoms with E-state index >= 15 is 0 Å². The highest BCUT2D eigenvalue weighted by Crippen LogP contribution is 2.28. The minimum absolute atomic E-state index is 0. The number of carbonyl (C=O) groups is 1. The maximum Gasteiger partial charge on any atom is 0.291 e. The molecule has 1 aromatic heterocycles. The fraction of sp³-hybridized carbons (Fsp3) is 0.500. The third-order valence-corrected chi connectivity index (χ3v) is 5.19. The third-order valence-electron chi connectivity index (χ3n) is 5.19. The highest BCUT2D eigenvalue weighted by Gasteiger charge is 2.29. The normalized spacial score (nSPS) is 17.8. The molecule has 140 valence electrons. The summed E-state index contributed by atoms with van der Waals surface area (Å²) in [6, 6.07) is 10.3. The van der Waals surface area contributed by atoms with Gasteiger partial charge in [0.15, 0.2) is 0 Å². The molecule has 4 rings (SSSR count). The zero-order valence-electron chi connectivity index (χ0n) is 15.1. The molecule has 0 spiro atoms. The molecule has 1 amide bonds. The first-order valence-electron chi connectivity index (χ1n) is 9.26. The minimum Gasteiger partial charge on any atom is -0.431 e. The van der Waals surface area contributed by atoms with Crippen LogP contribution in [0.2, 0.25) is 0 Å². The average molecular weight is 376 g/mol. The molecule has 2 aromatic rings. The Bertz CT molecular complexity index is 735. The number of likely N-dealkylation sites (tertiary alicyclic amines) is 1. The van der Waals surface area contributed by atoms with Crippen molar-refractivity contribution in [1.29, 1.82) is 0 Å². The molecule has 1 aromatic carbocycles. The van der Waals surface area contributed by atoms with Gasteiger partial charge in [0.05, 0.1) is 5.69 Å². The van der Waals surface area contributed by atoms with Crippen LogP contribution < -0.4 is 5.32 Å². The molecular weight excluding hydrogens is 350 g/mol. The zero-order chi connectivity index (χ0) is 17.2. The molecule has 1 aliphatic heterocycles. The summed E-state index contributed by atoms with van der Waals surface area (Å²) >= 11 is 0. The van der Waals surface area contributed by atoms with Gasteiger partial charge in [-0.2, -0.15) is 0 Å². The standard InChI is InChI=1S/C20H25N3O2.ClH/c1-14-18(25-19(22-14)16-5-3-2-4-6-16)20(24)23-11-9-17(10-12-23)21-13-15-7-8-15;/h2-6,15,17,21H,7-13H2,1H3;1H. The molecule has 2 heterocycles. The van der Waals surface area contributed by atoms with Crippen LogP contribution in [0.1, 0.15) is 41.9 Å². The second kappa shape index (κ2) is 8.23. The number of hydrogen-bond acceptors (Lipinski definition) is 4. The van der Waals surface area contributed by atoms with Crippen molar-refractivity contribution in [1.82, 2.24) is 15.2 Å². The smallest absolute Gasteiger partial charge is 0.291 e. The Balaban J connectivity index is 0.00000196. The lowest BCUT2D eigenvalue weighted by Gasteiger charge is -2.32. The number of amides is 1. The van der Waals surface area contributed by atoms with E-state index in [-0.39, 0.29) is 18.3 Å². The molecule has 2 aliphatic rings. The van der Waals surface area contributed by atoms with Gasteiger partial charge in [-0.15, -0.1) is 12.4 Å². The van der Waals surface area contributed by atoms with Crippen molar-refractivity contribution in [2.24, 2.45) is 5.92 Å². The summed E-state index contributed by atoms with van der Waals surface area (Å²) in [5, 5.41) is 3.65. The molecule has 6 heteroatoms. The number of rotatable bonds is 5. The van der Waals surface area contributed by atoms with Gasteiger partial charge in [-0.25, -0.2) is 4.98 Å². The van der Waals surface area contributed by atoms with Gasteiger partial charge < -0.3 is 14.6 Å². The molecular formula is C20H26ClN3O2. The Morgan fingerprint density at radius 2 is 1.88 bits per heavy atom. The Kier molecular flexibility index (Phi) is 5.99. The molecule has 1 saturated heterocycles. The number of aryl methyl sites for hydroxylation is 1. The number of halogens is 1. The molecule has 1 N–H and O–H groups in total. The SMILES string of the molecule is Cc1nc(-c2ccccc2)oc1C(=O)N1CCC(NCC2CC2)CC1.Cl. The van der Waals surface area contributed by atoms with E-state index < -0.39 is 0 Å². The largest absolute Gasteiger partial charge is 0.431 e. The van der Waals surface area contributed by atoms with Crippen molar-refractivity contribution in [3.63, 3.8) is 0 Å². The highest BCUT2D eigenvalue weighted by molar-refractivity contribution is 5.93. The molecule has 0 radical (unpaired) electrons. The van der Waals surface area contributed by atoms with Crippen molar-refractivity contribution < 1.29 is 9.21 Å². The van der Waals surface area contributed by atoms with Crippen LogP contribution in [0, 0.1) is 12.8 Å². The average Bonchev–Trinajstić information content (AvgIpc) is 3.41. The van der Waals surface area contributed by atoms with E-state index in [1.54, 1.807) is 0 Å². The molecule has 1 saturated carbocycles. The number of benzene rings is 1. The van der Waals surface area contributed by atoms with Crippen LogP contribution in [0.3, 0.4) is 0 Å². The summed E-state index contributed by atoms with van der Waals surface area (Å²) in [4.78, 5) is 19.2. The first kappa shape index (κ1) is 18.9. The molecule has 0 unspecified atom stereocenters. The molecule has 2 fully saturated rings. The quantitative estimate of drug-likeness (QED) is 0.866. The van der Waals surface area contributed by atoms with E-state index in [1.807, 2.05) is 42.2 Å². The van der Waals surface area contributed by atoms with Crippen molar-refractivity contribution in [2.45, 2.75) is 38.6 Å². The van der Waals surface area contributed by atoms with Gasteiger partial charge in [-0.05, 0) is 57.2 Å². The minimum atomic E-state index is -0.0344. The molecule has 1 aliphatic carbocycles. The van der Waals surface area contributed by atoms with Crippen LogP contribution in [0.15, 0.2) is 34.7 Å². The first-order chi connectivity index (χ1) is 12.2. The summed E-state index contributed by atoms with van der Waals surface area (Å²) in [6.45, 7) is 4.54. The van der Waals surface area contributed by atoms with Gasteiger partial charge in [-0.1, -0.05) is 18.2 Å². The van der Waals surface area contributed by atoms with Crippen LogP contribution in [0.25, 0.3) is 11.5 Å². The van der Waals surface area contributed by atoms with Gasteiger partial charge in [0.2, 0.25) is 11.7 Å².